The molecule has 1 aliphatic rings. The summed E-state index contributed by atoms with van der Waals surface area (Å²) in [6.07, 6.45) is 2.59. The fraction of sp³-hybridized carbons (Fsp3) is 0.727. The van der Waals surface area contributed by atoms with Crippen LogP contribution in [-0.4, -0.2) is 50.2 Å². The van der Waals surface area contributed by atoms with Crippen molar-refractivity contribution in [3.63, 3.8) is 0 Å². The quantitative estimate of drug-likeness (QED) is 0.753. The number of aromatic nitrogens is 3. The molecule has 0 spiro atoms. The number of aliphatic hydroxyl groups is 1. The summed E-state index contributed by atoms with van der Waals surface area (Å²) in [6, 6.07) is 0.358. The lowest BCUT2D eigenvalue weighted by Crippen LogP contribution is -2.41. The number of guanidine groups is 1. The van der Waals surface area contributed by atoms with Gasteiger partial charge in [0.15, 0.2) is 5.96 Å². The molecule has 0 saturated carbocycles. The van der Waals surface area contributed by atoms with E-state index < -0.39 is 0 Å². The van der Waals surface area contributed by atoms with Gasteiger partial charge in [-0.15, -0.1) is 5.10 Å². The van der Waals surface area contributed by atoms with Gasteiger partial charge >= 0.3 is 0 Å². The molecule has 2 heterocycles. The molecule has 7 heteroatoms. The lowest BCUT2D eigenvalue weighted by molar-refractivity contribution is 0.276. The summed E-state index contributed by atoms with van der Waals surface area (Å²) in [6.45, 7) is 5.62. The number of aliphatic hydroxyl groups excluding tert-OH is 1. The Labute approximate surface area is 106 Å². The van der Waals surface area contributed by atoms with Crippen molar-refractivity contribution in [1.82, 2.24) is 19.9 Å². The van der Waals surface area contributed by atoms with Crippen molar-refractivity contribution in [2.24, 2.45) is 10.7 Å². The number of hydrogen-bond acceptors (Lipinski definition) is 6. The molecule has 1 unspecified atom stereocenters. The standard InChI is InChI=1S/C11H20N6O/c1-8(2)17-10(6-13-11(17)12)9-7-16(15-14-9)4-3-5-18/h7-8,10,18H,3-6H2,1-2H3,(H2,12,13). The Morgan fingerprint density at radius 1 is 1.56 bits per heavy atom. The van der Waals surface area contributed by atoms with Crippen LogP contribution in [0, 0.1) is 0 Å². The molecule has 0 saturated heterocycles. The van der Waals surface area contributed by atoms with Crippen LogP contribution >= 0.6 is 0 Å². The van der Waals surface area contributed by atoms with Crippen LogP contribution in [0.1, 0.15) is 32.0 Å². The lowest BCUT2D eigenvalue weighted by Gasteiger charge is -2.28. The number of aryl methyl sites for hydroxylation is 1. The first-order valence-corrected chi connectivity index (χ1v) is 6.22. The first-order chi connectivity index (χ1) is 8.63. The summed E-state index contributed by atoms with van der Waals surface area (Å²) in [5.74, 6) is 0.569. The van der Waals surface area contributed by atoms with Gasteiger partial charge in [-0.2, -0.15) is 0 Å². The molecule has 2 rings (SSSR count). The topological polar surface area (TPSA) is 92.6 Å². The minimum absolute atomic E-state index is 0.0767. The second-order valence-electron chi connectivity index (χ2n) is 4.70. The summed E-state index contributed by atoms with van der Waals surface area (Å²) in [4.78, 5) is 6.33. The molecule has 0 bridgehead atoms. The lowest BCUT2D eigenvalue weighted by atomic mass is 10.2. The first-order valence-electron chi connectivity index (χ1n) is 6.22. The third kappa shape index (κ3) is 2.45. The highest BCUT2D eigenvalue weighted by Crippen LogP contribution is 2.25. The molecule has 1 aromatic rings. The highest BCUT2D eigenvalue weighted by atomic mass is 16.3. The minimum Gasteiger partial charge on any atom is -0.396 e. The Bertz CT molecular complexity index is 427. The van der Waals surface area contributed by atoms with Crippen molar-refractivity contribution in [3.8, 4) is 0 Å². The van der Waals surface area contributed by atoms with Crippen molar-refractivity contribution in [2.75, 3.05) is 13.2 Å². The molecule has 0 amide bonds. The van der Waals surface area contributed by atoms with Crippen molar-refractivity contribution >= 4 is 5.96 Å². The number of nitrogens with two attached hydrogens (primary N) is 1. The minimum atomic E-state index is 0.0767. The first kappa shape index (κ1) is 12.8. The fourth-order valence-corrected chi connectivity index (χ4v) is 2.18. The number of nitrogens with zero attached hydrogens (tertiary/aromatic N) is 5. The molecule has 3 N–H and O–H groups in total. The summed E-state index contributed by atoms with van der Waals surface area (Å²) in [5.41, 5.74) is 6.76. The molecule has 7 nitrogen and oxygen atoms in total. The van der Waals surface area contributed by atoms with Gasteiger partial charge in [-0.3, -0.25) is 9.67 Å². The smallest absolute Gasteiger partial charge is 0.192 e. The third-order valence-corrected chi connectivity index (χ3v) is 3.03. The van der Waals surface area contributed by atoms with E-state index in [2.05, 4.69) is 34.1 Å². The van der Waals surface area contributed by atoms with Crippen LogP contribution in [0.15, 0.2) is 11.2 Å². The number of hydrogen-bond donors (Lipinski definition) is 2. The predicted octanol–water partition coefficient (Wildman–Crippen LogP) is -0.260. The Morgan fingerprint density at radius 2 is 2.33 bits per heavy atom. The molecule has 0 aromatic carbocycles. The molecule has 100 valence electrons. The van der Waals surface area contributed by atoms with Crippen LogP contribution in [0.3, 0.4) is 0 Å². The maximum Gasteiger partial charge on any atom is 0.192 e. The second kappa shape index (κ2) is 5.34. The van der Waals surface area contributed by atoms with Gasteiger partial charge in [0.05, 0.1) is 18.8 Å². The van der Waals surface area contributed by atoms with E-state index in [0.717, 1.165) is 5.69 Å². The molecular formula is C11H20N6O. The van der Waals surface area contributed by atoms with E-state index in [1.54, 1.807) is 4.68 Å². The second-order valence-corrected chi connectivity index (χ2v) is 4.70. The van der Waals surface area contributed by atoms with Crippen molar-refractivity contribution in [3.05, 3.63) is 11.9 Å². The van der Waals surface area contributed by atoms with Gasteiger partial charge in [-0.1, -0.05) is 5.21 Å². The normalized spacial score (nSPS) is 19.7. The average molecular weight is 252 g/mol. The maximum atomic E-state index is 8.79. The van der Waals surface area contributed by atoms with Gasteiger partial charge in [0.2, 0.25) is 0 Å². The Balaban J connectivity index is 2.09. The van der Waals surface area contributed by atoms with Gasteiger partial charge in [0.25, 0.3) is 0 Å². The summed E-state index contributed by atoms with van der Waals surface area (Å²) in [5, 5.41) is 17.0. The van der Waals surface area contributed by atoms with E-state index in [9.17, 15) is 0 Å². The van der Waals surface area contributed by atoms with Crippen molar-refractivity contribution < 1.29 is 5.11 Å². The van der Waals surface area contributed by atoms with Crippen LogP contribution in [0.2, 0.25) is 0 Å². The van der Waals surface area contributed by atoms with E-state index in [-0.39, 0.29) is 18.7 Å². The largest absolute Gasteiger partial charge is 0.396 e. The molecule has 1 aliphatic heterocycles. The zero-order chi connectivity index (χ0) is 13.1. The van der Waals surface area contributed by atoms with Crippen LogP contribution in [0.4, 0.5) is 0 Å². The Hall–Kier alpha value is -1.63. The average Bonchev–Trinajstić information content (AvgIpc) is 2.92. The summed E-state index contributed by atoms with van der Waals surface area (Å²) >= 11 is 0. The zero-order valence-corrected chi connectivity index (χ0v) is 10.8. The van der Waals surface area contributed by atoms with Gasteiger partial charge in [0.1, 0.15) is 5.69 Å². The van der Waals surface area contributed by atoms with Gasteiger partial charge in [0, 0.05) is 19.2 Å². The monoisotopic (exact) mass is 252 g/mol. The number of rotatable bonds is 5. The predicted molar refractivity (Wildman–Crippen MR) is 67.9 cm³/mol. The highest BCUT2D eigenvalue weighted by Gasteiger charge is 2.31. The van der Waals surface area contributed by atoms with E-state index in [1.165, 1.54) is 0 Å². The molecular weight excluding hydrogens is 232 g/mol. The van der Waals surface area contributed by atoms with Crippen molar-refractivity contribution in [1.29, 1.82) is 0 Å². The van der Waals surface area contributed by atoms with Crippen LogP contribution in [0.5, 0.6) is 0 Å². The van der Waals surface area contributed by atoms with Crippen molar-refractivity contribution in [2.45, 2.75) is 38.9 Å². The van der Waals surface area contributed by atoms with E-state index in [0.29, 0.717) is 25.5 Å². The molecule has 1 atom stereocenters. The molecule has 0 aliphatic carbocycles. The Kier molecular flexibility index (Phi) is 3.81. The van der Waals surface area contributed by atoms with Crippen LogP contribution in [-0.2, 0) is 6.54 Å². The third-order valence-electron chi connectivity index (χ3n) is 3.03. The van der Waals surface area contributed by atoms with E-state index >= 15 is 0 Å². The number of aliphatic imine (C=N–C) groups is 1. The summed E-state index contributed by atoms with van der Waals surface area (Å²) < 4.78 is 1.75. The van der Waals surface area contributed by atoms with Gasteiger partial charge in [-0.05, 0) is 20.3 Å². The van der Waals surface area contributed by atoms with E-state index in [4.69, 9.17) is 10.8 Å². The van der Waals surface area contributed by atoms with E-state index in [1.807, 2.05) is 6.20 Å². The molecule has 18 heavy (non-hydrogen) atoms. The fourth-order valence-electron chi connectivity index (χ4n) is 2.18. The van der Waals surface area contributed by atoms with Gasteiger partial charge in [-0.25, -0.2) is 0 Å². The zero-order valence-electron chi connectivity index (χ0n) is 10.8. The molecule has 0 fully saturated rings. The molecule has 0 radical (unpaired) electrons. The highest BCUT2D eigenvalue weighted by molar-refractivity contribution is 5.80. The van der Waals surface area contributed by atoms with Crippen LogP contribution < -0.4 is 5.73 Å². The Morgan fingerprint density at radius 3 is 3.00 bits per heavy atom. The van der Waals surface area contributed by atoms with Crippen LogP contribution in [0.25, 0.3) is 0 Å². The summed E-state index contributed by atoms with van der Waals surface area (Å²) in [7, 11) is 0. The SMILES string of the molecule is CC(C)N1C(N)=NCC1c1cn(CCCO)nn1. The maximum absolute atomic E-state index is 8.79. The van der Waals surface area contributed by atoms with Gasteiger partial charge < -0.3 is 15.7 Å². The molecule has 1 aromatic heterocycles.